The van der Waals surface area contributed by atoms with Crippen LogP contribution in [0.1, 0.15) is 48.1 Å². The number of aryl methyl sites for hydroxylation is 1. The zero-order chi connectivity index (χ0) is 39.7. The summed E-state index contributed by atoms with van der Waals surface area (Å²) in [4.78, 5) is 0. The summed E-state index contributed by atoms with van der Waals surface area (Å²) < 4.78 is 6.29. The van der Waals surface area contributed by atoms with Crippen molar-refractivity contribution in [1.29, 1.82) is 0 Å². The van der Waals surface area contributed by atoms with Gasteiger partial charge < -0.3 is 4.42 Å². The summed E-state index contributed by atoms with van der Waals surface area (Å²) in [7, 11) is 0. The molecule has 0 atom stereocenters. The van der Waals surface area contributed by atoms with Gasteiger partial charge in [-0.15, -0.1) is 0 Å². The van der Waals surface area contributed by atoms with E-state index in [1.807, 2.05) is 6.07 Å². The summed E-state index contributed by atoms with van der Waals surface area (Å²) in [6.07, 6.45) is 4.47. The maximum atomic E-state index is 6.29. The molecule has 1 aromatic heterocycles. The third-order valence-corrected chi connectivity index (χ3v) is 13.9. The van der Waals surface area contributed by atoms with Crippen LogP contribution < -0.4 is 0 Å². The number of benzene rings is 10. The van der Waals surface area contributed by atoms with Crippen molar-refractivity contribution in [3.63, 3.8) is 0 Å². The third-order valence-electron chi connectivity index (χ3n) is 13.9. The average molecular weight is 765 g/mol. The Morgan fingerprint density at radius 1 is 0.400 bits per heavy atom. The minimum Gasteiger partial charge on any atom is -0.456 e. The normalized spacial score (nSPS) is 14.3. The van der Waals surface area contributed by atoms with E-state index in [1.54, 1.807) is 0 Å². The van der Waals surface area contributed by atoms with Crippen molar-refractivity contribution in [2.45, 2.75) is 32.1 Å². The van der Waals surface area contributed by atoms with Crippen LogP contribution >= 0.6 is 0 Å². The smallest absolute Gasteiger partial charge is 0.136 e. The molecule has 0 aliphatic heterocycles. The number of para-hydroxylation sites is 1. The summed E-state index contributed by atoms with van der Waals surface area (Å²) in [5, 5.41) is 12.5. The van der Waals surface area contributed by atoms with Gasteiger partial charge in [-0.3, -0.25) is 0 Å². The fraction of sp³-hybridized carbons (Fsp3) is 0.0847. The fourth-order valence-electron chi connectivity index (χ4n) is 10.9. The summed E-state index contributed by atoms with van der Waals surface area (Å²) >= 11 is 0. The van der Waals surface area contributed by atoms with E-state index < -0.39 is 0 Å². The second-order valence-corrected chi connectivity index (χ2v) is 17.6. The molecule has 2 aliphatic rings. The van der Waals surface area contributed by atoms with E-state index in [0.29, 0.717) is 0 Å². The van der Waals surface area contributed by atoms with Gasteiger partial charge in [-0.2, -0.15) is 0 Å². The molecule has 13 rings (SSSR count). The highest BCUT2D eigenvalue weighted by Crippen LogP contribution is 2.52. The molecule has 1 heterocycles. The molecule has 0 radical (unpaired) electrons. The van der Waals surface area contributed by atoms with E-state index in [9.17, 15) is 0 Å². The molecule has 10 aromatic carbocycles. The van der Waals surface area contributed by atoms with Crippen molar-refractivity contribution in [2.75, 3.05) is 0 Å². The van der Waals surface area contributed by atoms with Crippen LogP contribution in [0.2, 0.25) is 0 Å². The first-order valence-electron chi connectivity index (χ1n) is 21.3. The molecular formula is C59H40O. The molecule has 60 heavy (non-hydrogen) atoms. The molecule has 0 amide bonds. The Morgan fingerprint density at radius 2 is 1.02 bits per heavy atom. The third kappa shape index (κ3) is 4.87. The summed E-state index contributed by atoms with van der Waals surface area (Å²) in [6, 6.07) is 65.8. The molecule has 0 saturated carbocycles. The predicted octanol–water partition coefficient (Wildman–Crippen LogP) is 16.3. The van der Waals surface area contributed by atoms with Gasteiger partial charge in [0.1, 0.15) is 11.2 Å². The number of rotatable bonds is 3. The number of hydrogen-bond acceptors (Lipinski definition) is 1. The first-order valence-corrected chi connectivity index (χ1v) is 21.3. The summed E-state index contributed by atoms with van der Waals surface area (Å²) in [6.45, 7) is 4.75. The molecule has 282 valence electrons. The Kier molecular flexibility index (Phi) is 6.97. The maximum Gasteiger partial charge on any atom is 0.136 e. The topological polar surface area (TPSA) is 13.1 Å². The Hall–Kier alpha value is -7.22. The minimum absolute atomic E-state index is 0.0911. The van der Waals surface area contributed by atoms with Gasteiger partial charge in [0.2, 0.25) is 0 Å². The van der Waals surface area contributed by atoms with Gasteiger partial charge in [-0.05, 0) is 165 Å². The summed E-state index contributed by atoms with van der Waals surface area (Å²) in [5.41, 5.74) is 17.9. The monoisotopic (exact) mass is 764 g/mol. The molecule has 1 heteroatoms. The van der Waals surface area contributed by atoms with Crippen molar-refractivity contribution in [1.82, 2.24) is 0 Å². The van der Waals surface area contributed by atoms with Crippen LogP contribution in [0.4, 0.5) is 0 Å². The molecule has 1 nitrogen and oxygen atoms in total. The maximum absolute atomic E-state index is 6.29. The van der Waals surface area contributed by atoms with E-state index >= 15 is 0 Å². The van der Waals surface area contributed by atoms with Gasteiger partial charge >= 0.3 is 0 Å². The van der Waals surface area contributed by atoms with E-state index in [2.05, 4.69) is 190 Å². The highest BCUT2D eigenvalue weighted by atomic mass is 16.3. The van der Waals surface area contributed by atoms with Crippen LogP contribution in [0.3, 0.4) is 0 Å². The molecule has 0 N–H and O–H groups in total. The SMILES string of the molecule is CC1(C)c2ccc(C3=Cc4ccc(-c5c6ccccc6c(-c6ccc7ccccc7c6)c6ccccc56)cc4CC3)cc2-c2cc3cc4c(cc3cc21)oc1ccccc14. The van der Waals surface area contributed by atoms with Crippen molar-refractivity contribution in [3.05, 3.63) is 204 Å². The molecule has 0 unspecified atom stereocenters. The van der Waals surface area contributed by atoms with Crippen LogP contribution in [0.25, 0.3) is 110 Å². The Morgan fingerprint density at radius 3 is 1.78 bits per heavy atom. The van der Waals surface area contributed by atoms with E-state index in [0.717, 1.165) is 24.0 Å². The van der Waals surface area contributed by atoms with Crippen molar-refractivity contribution in [3.8, 4) is 33.4 Å². The lowest BCUT2D eigenvalue weighted by Crippen LogP contribution is -2.15. The average Bonchev–Trinajstić information content (AvgIpc) is 3.76. The van der Waals surface area contributed by atoms with Gasteiger partial charge in [-0.1, -0.05) is 153 Å². The first kappa shape index (κ1) is 33.7. The zero-order valence-electron chi connectivity index (χ0n) is 33.6. The van der Waals surface area contributed by atoms with Gasteiger partial charge in [0.05, 0.1) is 0 Å². The predicted molar refractivity (Wildman–Crippen MR) is 255 cm³/mol. The van der Waals surface area contributed by atoms with Crippen LogP contribution in [-0.4, -0.2) is 0 Å². The Balaban J connectivity index is 0.903. The number of hydrogen-bond donors (Lipinski definition) is 0. The number of fused-ring (bicyclic) bond motifs is 11. The van der Waals surface area contributed by atoms with Crippen LogP contribution in [0.5, 0.6) is 0 Å². The fourth-order valence-corrected chi connectivity index (χ4v) is 10.9. The molecular weight excluding hydrogens is 725 g/mol. The second-order valence-electron chi connectivity index (χ2n) is 17.6. The van der Waals surface area contributed by atoms with Crippen LogP contribution in [0, 0.1) is 0 Å². The molecule has 0 spiro atoms. The molecule has 0 fully saturated rings. The van der Waals surface area contributed by atoms with Gasteiger partial charge in [0.15, 0.2) is 0 Å². The molecule has 11 aromatic rings. The van der Waals surface area contributed by atoms with Gasteiger partial charge in [0.25, 0.3) is 0 Å². The summed E-state index contributed by atoms with van der Waals surface area (Å²) in [5.74, 6) is 0. The largest absolute Gasteiger partial charge is 0.456 e. The van der Waals surface area contributed by atoms with Gasteiger partial charge in [-0.25, -0.2) is 0 Å². The van der Waals surface area contributed by atoms with Crippen molar-refractivity contribution < 1.29 is 4.42 Å². The molecule has 0 saturated heterocycles. The number of allylic oxidation sites excluding steroid dienone is 1. The Bertz CT molecular complexity index is 3630. The van der Waals surface area contributed by atoms with E-state index in [-0.39, 0.29) is 5.41 Å². The molecule has 0 bridgehead atoms. The van der Waals surface area contributed by atoms with E-state index in [4.69, 9.17) is 4.42 Å². The minimum atomic E-state index is -0.0911. The van der Waals surface area contributed by atoms with Crippen LogP contribution in [0.15, 0.2) is 180 Å². The highest BCUT2D eigenvalue weighted by Gasteiger charge is 2.36. The lowest BCUT2D eigenvalue weighted by atomic mass is 9.81. The lowest BCUT2D eigenvalue weighted by Gasteiger charge is -2.23. The van der Waals surface area contributed by atoms with Crippen molar-refractivity contribution in [2.24, 2.45) is 0 Å². The van der Waals surface area contributed by atoms with Crippen LogP contribution in [-0.2, 0) is 11.8 Å². The van der Waals surface area contributed by atoms with Gasteiger partial charge in [0, 0.05) is 16.2 Å². The van der Waals surface area contributed by atoms with Crippen molar-refractivity contribution >= 4 is 76.7 Å². The first-order chi connectivity index (χ1) is 29.5. The standard InChI is InChI=1S/C59H40O/c1-59(2)53-26-25-40(30-50(53)51-31-43-32-52-45-13-9-10-18-55(45)60-56(52)34-44(43)33-54(51)59)38-20-21-39-29-42(24-22-37(39)27-38)58-48-16-7-5-14-46(48)57(47-15-6-8-17-49(47)58)41-23-19-35-11-3-4-12-36(35)28-41/h3-19,22-34H,20-21H2,1-2H3. The quantitative estimate of drug-likeness (QED) is 0.163. The number of furan rings is 1. The molecule has 2 aliphatic carbocycles. The zero-order valence-corrected chi connectivity index (χ0v) is 33.6. The Labute approximate surface area is 348 Å². The van der Waals surface area contributed by atoms with E-state index in [1.165, 1.54) is 121 Å². The second kappa shape index (κ2) is 12.4. The lowest BCUT2D eigenvalue weighted by molar-refractivity contribution is 0.661. The highest BCUT2D eigenvalue weighted by molar-refractivity contribution is 6.22.